The molecule has 1 aromatic heterocycles. The Morgan fingerprint density at radius 2 is 2.29 bits per heavy atom. The number of hydrogen-bond donors (Lipinski definition) is 1. The molecule has 7 heteroatoms. The molecule has 1 unspecified atom stereocenters. The van der Waals surface area contributed by atoms with Gasteiger partial charge < -0.3 is 15.2 Å². The van der Waals surface area contributed by atoms with E-state index in [9.17, 15) is 15.2 Å². The minimum absolute atomic E-state index is 0.180. The summed E-state index contributed by atoms with van der Waals surface area (Å²) in [6.45, 7) is 5.99. The van der Waals surface area contributed by atoms with Crippen molar-refractivity contribution >= 4 is 5.95 Å². The second-order valence-electron chi connectivity index (χ2n) is 4.79. The molecular weight excluding hydrogens is 224 g/mol. The predicted molar refractivity (Wildman–Crippen MR) is 60.5 cm³/mol. The van der Waals surface area contributed by atoms with Gasteiger partial charge in [0, 0.05) is 18.6 Å². The van der Waals surface area contributed by atoms with Crippen LogP contribution in [-0.4, -0.2) is 49.2 Å². The van der Waals surface area contributed by atoms with Gasteiger partial charge in [-0.15, -0.1) is 0 Å². The van der Waals surface area contributed by atoms with Gasteiger partial charge in [-0.2, -0.15) is 0 Å². The minimum Gasteiger partial charge on any atom is -0.390 e. The van der Waals surface area contributed by atoms with Gasteiger partial charge in [-0.25, -0.2) is 4.57 Å². The maximum absolute atomic E-state index is 10.7. The fourth-order valence-electron chi connectivity index (χ4n) is 1.86. The average Bonchev–Trinajstić information content (AvgIpc) is 3.00. The lowest BCUT2D eigenvalue weighted by Gasteiger charge is -2.31. The van der Waals surface area contributed by atoms with E-state index in [1.54, 1.807) is 0 Å². The van der Waals surface area contributed by atoms with E-state index in [2.05, 4.69) is 9.88 Å². The first-order valence-electron chi connectivity index (χ1n) is 5.51. The second-order valence-corrected chi connectivity index (χ2v) is 4.79. The van der Waals surface area contributed by atoms with E-state index in [1.165, 1.54) is 17.0 Å². The zero-order valence-electron chi connectivity index (χ0n) is 9.91. The number of imidazole rings is 1. The molecule has 7 nitrogen and oxygen atoms in total. The van der Waals surface area contributed by atoms with Crippen LogP contribution in [0, 0.1) is 10.1 Å². The maximum Gasteiger partial charge on any atom is 0.434 e. The molecular formula is C10H16N4O3. The van der Waals surface area contributed by atoms with Crippen molar-refractivity contribution in [1.82, 2.24) is 14.5 Å². The summed E-state index contributed by atoms with van der Waals surface area (Å²) >= 11 is 0. The summed E-state index contributed by atoms with van der Waals surface area (Å²) in [6.07, 6.45) is 2.22. The van der Waals surface area contributed by atoms with Crippen molar-refractivity contribution in [2.24, 2.45) is 0 Å². The van der Waals surface area contributed by atoms with Crippen LogP contribution in [0.3, 0.4) is 0 Å². The number of aliphatic hydroxyl groups excluding tert-OH is 1. The number of nitrogens with zero attached hydrogens (tertiary/aromatic N) is 4. The van der Waals surface area contributed by atoms with Crippen molar-refractivity contribution < 1.29 is 10.0 Å². The standard InChI is InChI=1S/C10H16N4O3/c1-10(2,13-5-6-13)8(15)7-12-4-3-11-9(12)14(16)17/h3-4,8,15H,5-7H2,1-2H3. The van der Waals surface area contributed by atoms with Crippen molar-refractivity contribution in [3.05, 3.63) is 22.5 Å². The van der Waals surface area contributed by atoms with Gasteiger partial charge in [0.1, 0.15) is 18.5 Å². The van der Waals surface area contributed by atoms with Crippen LogP contribution in [0.4, 0.5) is 5.95 Å². The molecule has 1 aromatic rings. The van der Waals surface area contributed by atoms with Gasteiger partial charge >= 0.3 is 5.95 Å². The van der Waals surface area contributed by atoms with Gasteiger partial charge in [0.2, 0.25) is 0 Å². The molecule has 1 aliphatic heterocycles. The molecule has 17 heavy (non-hydrogen) atoms. The number of rotatable bonds is 5. The highest BCUT2D eigenvalue weighted by Gasteiger charge is 2.41. The largest absolute Gasteiger partial charge is 0.434 e. The fourth-order valence-corrected chi connectivity index (χ4v) is 1.86. The van der Waals surface area contributed by atoms with E-state index in [4.69, 9.17) is 0 Å². The van der Waals surface area contributed by atoms with Crippen molar-refractivity contribution in [1.29, 1.82) is 0 Å². The van der Waals surface area contributed by atoms with Crippen LogP contribution in [-0.2, 0) is 6.54 Å². The molecule has 0 radical (unpaired) electrons. The van der Waals surface area contributed by atoms with Crippen molar-refractivity contribution in [2.75, 3.05) is 13.1 Å². The molecule has 0 saturated carbocycles. The Labute approximate surface area is 98.8 Å². The van der Waals surface area contributed by atoms with E-state index in [0.29, 0.717) is 0 Å². The Morgan fingerprint density at radius 3 is 2.82 bits per heavy atom. The lowest BCUT2D eigenvalue weighted by Crippen LogP contribution is -2.45. The molecule has 2 rings (SSSR count). The summed E-state index contributed by atoms with van der Waals surface area (Å²) in [5.41, 5.74) is -0.363. The van der Waals surface area contributed by atoms with Gasteiger partial charge in [-0.05, 0) is 18.8 Å². The number of aliphatic hydroxyl groups is 1. The molecule has 1 atom stereocenters. The second kappa shape index (κ2) is 4.08. The normalized spacial score (nSPS) is 18.1. The van der Waals surface area contributed by atoms with Gasteiger partial charge in [0.05, 0.1) is 6.54 Å². The summed E-state index contributed by atoms with van der Waals surface area (Å²) in [4.78, 5) is 15.9. The van der Waals surface area contributed by atoms with Gasteiger partial charge in [-0.1, -0.05) is 4.98 Å². The zero-order valence-corrected chi connectivity index (χ0v) is 9.91. The van der Waals surface area contributed by atoms with Crippen molar-refractivity contribution in [2.45, 2.75) is 32.0 Å². The summed E-state index contributed by atoms with van der Waals surface area (Å²) in [5, 5.41) is 20.8. The Balaban J connectivity index is 2.09. The van der Waals surface area contributed by atoms with E-state index in [1.807, 2.05) is 13.8 Å². The van der Waals surface area contributed by atoms with Crippen molar-refractivity contribution in [3.8, 4) is 0 Å². The molecule has 94 valence electrons. The first kappa shape index (κ1) is 12.0. The SMILES string of the molecule is CC(C)(C(O)Cn1ccnc1[N+](=O)[O-])N1CC1. The smallest absolute Gasteiger partial charge is 0.390 e. The molecule has 2 heterocycles. The molecule has 1 saturated heterocycles. The van der Waals surface area contributed by atoms with Crippen LogP contribution < -0.4 is 0 Å². The third-order valence-corrected chi connectivity index (χ3v) is 3.30. The van der Waals surface area contributed by atoms with Crippen LogP contribution in [0.15, 0.2) is 12.4 Å². The Kier molecular flexibility index (Phi) is 2.88. The van der Waals surface area contributed by atoms with E-state index in [0.717, 1.165) is 13.1 Å². The molecule has 0 bridgehead atoms. The molecule has 1 N–H and O–H groups in total. The summed E-state index contributed by atoms with van der Waals surface area (Å²) in [5.74, 6) is -0.231. The number of aromatic nitrogens is 2. The van der Waals surface area contributed by atoms with E-state index in [-0.39, 0.29) is 18.0 Å². The number of hydrogen-bond acceptors (Lipinski definition) is 5. The average molecular weight is 240 g/mol. The quantitative estimate of drug-likeness (QED) is 0.453. The van der Waals surface area contributed by atoms with Crippen LogP contribution in [0.2, 0.25) is 0 Å². The Bertz CT molecular complexity index is 425. The first-order valence-corrected chi connectivity index (χ1v) is 5.51. The van der Waals surface area contributed by atoms with Crippen molar-refractivity contribution in [3.63, 3.8) is 0 Å². The third-order valence-electron chi connectivity index (χ3n) is 3.30. The van der Waals surface area contributed by atoms with Crippen LogP contribution in [0.25, 0.3) is 0 Å². The zero-order chi connectivity index (χ0) is 12.6. The molecule has 0 aliphatic carbocycles. The number of nitro groups is 1. The highest BCUT2D eigenvalue weighted by molar-refractivity contribution is 5.08. The fraction of sp³-hybridized carbons (Fsp3) is 0.700. The lowest BCUT2D eigenvalue weighted by atomic mass is 9.97. The highest BCUT2D eigenvalue weighted by Crippen LogP contribution is 2.27. The summed E-state index contributed by atoms with van der Waals surface area (Å²) in [7, 11) is 0. The van der Waals surface area contributed by atoms with Gasteiger partial charge in [-0.3, -0.25) is 4.90 Å². The Morgan fingerprint density at radius 1 is 1.65 bits per heavy atom. The molecule has 0 spiro atoms. The Hall–Kier alpha value is -1.47. The van der Waals surface area contributed by atoms with Gasteiger partial charge in [0.15, 0.2) is 0 Å². The lowest BCUT2D eigenvalue weighted by molar-refractivity contribution is -0.397. The van der Waals surface area contributed by atoms with Crippen LogP contribution >= 0.6 is 0 Å². The van der Waals surface area contributed by atoms with Crippen LogP contribution in [0.1, 0.15) is 13.8 Å². The predicted octanol–water partition coefficient (Wildman–Crippen LogP) is 0.246. The maximum atomic E-state index is 10.7. The molecule has 1 aliphatic rings. The molecule has 0 aromatic carbocycles. The first-order chi connectivity index (χ1) is 7.93. The molecule has 1 fully saturated rings. The van der Waals surface area contributed by atoms with Crippen LogP contribution in [0.5, 0.6) is 0 Å². The third kappa shape index (κ3) is 2.29. The van der Waals surface area contributed by atoms with E-state index >= 15 is 0 Å². The monoisotopic (exact) mass is 240 g/mol. The molecule has 0 amide bonds. The highest BCUT2D eigenvalue weighted by atomic mass is 16.6. The summed E-state index contributed by atoms with van der Waals surface area (Å²) < 4.78 is 1.37. The van der Waals surface area contributed by atoms with Gasteiger partial charge in [0.25, 0.3) is 0 Å². The minimum atomic E-state index is -0.669. The summed E-state index contributed by atoms with van der Waals surface area (Å²) in [6, 6.07) is 0. The van der Waals surface area contributed by atoms with E-state index < -0.39 is 11.0 Å². The topological polar surface area (TPSA) is 84.2 Å².